The minimum absolute atomic E-state index is 0. The molecule has 0 bridgehead atoms. The second-order valence-corrected chi connectivity index (χ2v) is 3.30. The molecule has 1 aliphatic rings. The summed E-state index contributed by atoms with van der Waals surface area (Å²) < 4.78 is 0. The molecule has 1 aliphatic heterocycles. The minimum Gasteiger partial charge on any atom is -0.389 e. The van der Waals surface area contributed by atoms with Gasteiger partial charge in [-0.2, -0.15) is 13.5 Å². The lowest BCUT2D eigenvalue weighted by atomic mass is 9.98. The molecule has 0 radical (unpaired) electrons. The summed E-state index contributed by atoms with van der Waals surface area (Å²) >= 11 is 0. The van der Waals surface area contributed by atoms with Crippen LogP contribution in [0.1, 0.15) is 26.7 Å². The van der Waals surface area contributed by atoms with Gasteiger partial charge in [0.1, 0.15) is 0 Å². The Labute approximate surface area is 69.5 Å². The Bertz CT molecular complexity index is 94.3. The topological polar surface area (TPSA) is 32.3 Å². The molecule has 2 nitrogen and oxygen atoms in total. The summed E-state index contributed by atoms with van der Waals surface area (Å²) in [5.74, 6) is 0. The maximum atomic E-state index is 9.45. The summed E-state index contributed by atoms with van der Waals surface area (Å²) in [5.41, 5.74) is -0.531. The van der Waals surface area contributed by atoms with Gasteiger partial charge in [0.05, 0.1) is 5.60 Å². The molecule has 0 saturated carbocycles. The van der Waals surface area contributed by atoms with Gasteiger partial charge in [-0.15, -0.1) is 0 Å². The third-order valence-corrected chi connectivity index (χ3v) is 1.91. The van der Waals surface area contributed by atoms with Crippen LogP contribution in [0.3, 0.4) is 0 Å². The van der Waals surface area contributed by atoms with Crippen molar-refractivity contribution in [3.63, 3.8) is 0 Å². The van der Waals surface area contributed by atoms with E-state index in [0.29, 0.717) is 6.04 Å². The summed E-state index contributed by atoms with van der Waals surface area (Å²) in [5, 5.41) is 12.7. The van der Waals surface area contributed by atoms with Gasteiger partial charge in [-0.25, -0.2) is 0 Å². The molecule has 1 rings (SSSR count). The van der Waals surface area contributed by atoms with E-state index >= 15 is 0 Å². The number of hydrogen-bond donors (Lipinski definition) is 2. The molecular formula is C7H17NOS. The Morgan fingerprint density at radius 2 is 2.10 bits per heavy atom. The average molecular weight is 163 g/mol. The van der Waals surface area contributed by atoms with Gasteiger partial charge >= 0.3 is 0 Å². The highest BCUT2D eigenvalue weighted by atomic mass is 32.1. The third-order valence-electron chi connectivity index (χ3n) is 1.91. The van der Waals surface area contributed by atoms with Crippen molar-refractivity contribution >= 4 is 13.5 Å². The molecule has 10 heavy (non-hydrogen) atoms. The highest BCUT2D eigenvalue weighted by Crippen LogP contribution is 2.17. The summed E-state index contributed by atoms with van der Waals surface area (Å²) in [7, 11) is 0. The molecular weight excluding hydrogens is 146 g/mol. The van der Waals surface area contributed by atoms with Gasteiger partial charge in [0.15, 0.2) is 0 Å². The van der Waals surface area contributed by atoms with Crippen molar-refractivity contribution in [1.82, 2.24) is 5.32 Å². The van der Waals surface area contributed by atoms with Crippen molar-refractivity contribution in [3.8, 4) is 0 Å². The zero-order chi connectivity index (χ0) is 6.91. The fourth-order valence-electron chi connectivity index (χ4n) is 1.29. The molecule has 62 valence electrons. The second kappa shape index (κ2) is 3.60. The van der Waals surface area contributed by atoms with Crippen molar-refractivity contribution in [2.24, 2.45) is 0 Å². The molecule has 1 heterocycles. The van der Waals surface area contributed by atoms with Crippen molar-refractivity contribution < 1.29 is 5.11 Å². The van der Waals surface area contributed by atoms with Crippen LogP contribution in [0, 0.1) is 0 Å². The first-order chi connectivity index (χ1) is 4.11. The lowest BCUT2D eigenvalue weighted by molar-refractivity contribution is 0.0449. The predicted octanol–water partition coefficient (Wildman–Crippen LogP) is 0.622. The van der Waals surface area contributed by atoms with E-state index in [0.717, 1.165) is 13.0 Å². The van der Waals surface area contributed by atoms with E-state index in [1.54, 1.807) is 0 Å². The first kappa shape index (κ1) is 10.3. The molecule has 0 amide bonds. The first-order valence-corrected chi connectivity index (χ1v) is 3.56. The summed E-state index contributed by atoms with van der Waals surface area (Å²) in [6, 6.07) is 0.317. The van der Waals surface area contributed by atoms with Crippen LogP contribution in [0.25, 0.3) is 0 Å². The molecule has 0 aliphatic carbocycles. The van der Waals surface area contributed by atoms with Crippen LogP contribution in [-0.4, -0.2) is 23.3 Å². The van der Waals surface area contributed by atoms with Crippen LogP contribution in [-0.2, 0) is 0 Å². The monoisotopic (exact) mass is 163 g/mol. The van der Waals surface area contributed by atoms with E-state index < -0.39 is 5.60 Å². The van der Waals surface area contributed by atoms with Gasteiger partial charge in [0.25, 0.3) is 0 Å². The van der Waals surface area contributed by atoms with E-state index in [2.05, 4.69) is 5.32 Å². The molecule has 0 aromatic heterocycles. The summed E-state index contributed by atoms with van der Waals surface area (Å²) in [6.07, 6.45) is 2.32. The normalized spacial score (nSPS) is 26.1. The smallest absolute Gasteiger partial charge is 0.0744 e. The van der Waals surface area contributed by atoms with Crippen LogP contribution < -0.4 is 5.32 Å². The van der Waals surface area contributed by atoms with Crippen molar-refractivity contribution in [2.45, 2.75) is 38.3 Å². The molecule has 0 spiro atoms. The Morgan fingerprint density at radius 3 is 2.30 bits per heavy atom. The van der Waals surface area contributed by atoms with E-state index in [9.17, 15) is 5.11 Å². The predicted molar refractivity (Wildman–Crippen MR) is 47.7 cm³/mol. The van der Waals surface area contributed by atoms with Crippen molar-refractivity contribution in [1.29, 1.82) is 0 Å². The van der Waals surface area contributed by atoms with Gasteiger partial charge < -0.3 is 10.4 Å². The molecule has 1 saturated heterocycles. The fraction of sp³-hybridized carbons (Fsp3) is 1.00. The summed E-state index contributed by atoms with van der Waals surface area (Å²) in [6.45, 7) is 4.78. The van der Waals surface area contributed by atoms with E-state index in [-0.39, 0.29) is 13.5 Å². The molecule has 0 aromatic carbocycles. The molecule has 3 heteroatoms. The van der Waals surface area contributed by atoms with Crippen molar-refractivity contribution in [2.75, 3.05) is 6.54 Å². The number of hydrogen-bond acceptors (Lipinski definition) is 2. The Kier molecular flexibility index (Phi) is 3.70. The summed E-state index contributed by atoms with van der Waals surface area (Å²) in [4.78, 5) is 0. The Hall–Kier alpha value is 0.270. The van der Waals surface area contributed by atoms with Crippen molar-refractivity contribution in [3.05, 3.63) is 0 Å². The average Bonchev–Trinajstić information content (AvgIpc) is 2.08. The molecule has 0 unspecified atom stereocenters. The molecule has 2 N–H and O–H groups in total. The highest BCUT2D eigenvalue weighted by molar-refractivity contribution is 7.59. The first-order valence-electron chi connectivity index (χ1n) is 3.56. The van der Waals surface area contributed by atoms with E-state index in [1.807, 2.05) is 13.8 Å². The van der Waals surface area contributed by atoms with Crippen LogP contribution in [0.2, 0.25) is 0 Å². The van der Waals surface area contributed by atoms with Gasteiger partial charge in [0.2, 0.25) is 0 Å². The lowest BCUT2D eigenvalue weighted by Crippen LogP contribution is -2.42. The molecule has 0 aromatic rings. The van der Waals surface area contributed by atoms with Crippen LogP contribution >= 0.6 is 13.5 Å². The zero-order valence-electron chi connectivity index (χ0n) is 6.65. The van der Waals surface area contributed by atoms with Gasteiger partial charge in [-0.05, 0) is 33.2 Å². The van der Waals surface area contributed by atoms with Gasteiger partial charge in [-0.3, -0.25) is 0 Å². The van der Waals surface area contributed by atoms with Crippen LogP contribution in [0.4, 0.5) is 0 Å². The second-order valence-electron chi connectivity index (χ2n) is 3.30. The SMILES string of the molecule is CC(C)(O)[C@@H]1CCCN1.S. The molecule has 1 atom stereocenters. The van der Waals surface area contributed by atoms with Gasteiger partial charge in [0, 0.05) is 6.04 Å². The van der Waals surface area contributed by atoms with E-state index in [1.165, 1.54) is 6.42 Å². The Morgan fingerprint density at radius 1 is 1.50 bits per heavy atom. The zero-order valence-corrected chi connectivity index (χ0v) is 7.65. The fourth-order valence-corrected chi connectivity index (χ4v) is 1.29. The van der Waals surface area contributed by atoms with Crippen LogP contribution in [0.15, 0.2) is 0 Å². The maximum Gasteiger partial charge on any atom is 0.0744 e. The lowest BCUT2D eigenvalue weighted by Gasteiger charge is -2.25. The quantitative estimate of drug-likeness (QED) is 0.594. The highest BCUT2D eigenvalue weighted by Gasteiger charge is 2.28. The van der Waals surface area contributed by atoms with Gasteiger partial charge in [-0.1, -0.05) is 0 Å². The molecule has 1 fully saturated rings. The standard InChI is InChI=1S/C7H15NO.H2S/c1-7(2,9)6-4-3-5-8-6;/h6,8-9H,3-5H2,1-2H3;1H2/t6-;/m0./s1. The largest absolute Gasteiger partial charge is 0.389 e. The number of aliphatic hydroxyl groups is 1. The van der Waals surface area contributed by atoms with E-state index in [4.69, 9.17) is 0 Å². The van der Waals surface area contributed by atoms with Crippen LogP contribution in [0.5, 0.6) is 0 Å². The number of nitrogens with one attached hydrogen (secondary N) is 1. The third kappa shape index (κ3) is 2.48. The Balaban J connectivity index is 0.000000810. The minimum atomic E-state index is -0.531. The number of rotatable bonds is 1. The maximum absolute atomic E-state index is 9.45.